The van der Waals surface area contributed by atoms with E-state index in [9.17, 15) is 5.11 Å². The summed E-state index contributed by atoms with van der Waals surface area (Å²) < 4.78 is 5.97. The van der Waals surface area contributed by atoms with E-state index in [0.29, 0.717) is 5.89 Å². The number of oxazole rings is 1. The van der Waals surface area contributed by atoms with Crippen LogP contribution in [0.15, 0.2) is 52.9 Å². The van der Waals surface area contributed by atoms with Crippen molar-refractivity contribution in [1.82, 2.24) is 4.98 Å². The van der Waals surface area contributed by atoms with Crippen molar-refractivity contribution in [3.8, 4) is 0 Å². The Kier molecular flexibility index (Phi) is 2.69. The van der Waals surface area contributed by atoms with E-state index in [1.165, 1.54) is 10.8 Å². The molecule has 3 heteroatoms. The largest absolute Gasteiger partial charge is 0.440 e. The molecule has 0 bridgehead atoms. The van der Waals surface area contributed by atoms with Crippen LogP contribution in [0.4, 0.5) is 0 Å². The molecule has 104 valence electrons. The van der Waals surface area contributed by atoms with Crippen molar-refractivity contribution in [3.63, 3.8) is 0 Å². The summed E-state index contributed by atoms with van der Waals surface area (Å²) in [5, 5.41) is 13.8. The molecular formula is C18H15NO2. The summed E-state index contributed by atoms with van der Waals surface area (Å²) in [5.74, 6) is 0.490. The molecule has 1 atom stereocenters. The SMILES string of the molecule is CC(CO)c1nc2c3ccccc3c3ccccc3c2o1. The van der Waals surface area contributed by atoms with Gasteiger partial charge in [0, 0.05) is 10.8 Å². The molecule has 0 radical (unpaired) electrons. The molecule has 0 saturated heterocycles. The van der Waals surface area contributed by atoms with Crippen molar-refractivity contribution >= 4 is 32.6 Å². The maximum absolute atomic E-state index is 9.34. The van der Waals surface area contributed by atoms with Gasteiger partial charge in [0.25, 0.3) is 0 Å². The Morgan fingerprint density at radius 2 is 1.52 bits per heavy atom. The van der Waals surface area contributed by atoms with Gasteiger partial charge in [0.15, 0.2) is 5.58 Å². The van der Waals surface area contributed by atoms with Crippen LogP contribution >= 0.6 is 0 Å². The minimum absolute atomic E-state index is 0.0304. The third-order valence-electron chi connectivity index (χ3n) is 3.98. The number of hydrogen-bond donors (Lipinski definition) is 1. The predicted molar refractivity (Wildman–Crippen MR) is 84.5 cm³/mol. The zero-order chi connectivity index (χ0) is 14.4. The maximum Gasteiger partial charge on any atom is 0.200 e. The molecule has 3 nitrogen and oxygen atoms in total. The summed E-state index contributed by atoms with van der Waals surface area (Å²) in [6, 6.07) is 16.4. The van der Waals surface area contributed by atoms with Crippen molar-refractivity contribution in [3.05, 3.63) is 54.4 Å². The first kappa shape index (κ1) is 12.4. The third kappa shape index (κ3) is 1.74. The van der Waals surface area contributed by atoms with E-state index in [0.717, 1.165) is 21.9 Å². The van der Waals surface area contributed by atoms with Crippen molar-refractivity contribution < 1.29 is 9.52 Å². The van der Waals surface area contributed by atoms with Crippen LogP contribution in [0.2, 0.25) is 0 Å². The zero-order valence-corrected chi connectivity index (χ0v) is 11.7. The molecule has 3 aromatic carbocycles. The van der Waals surface area contributed by atoms with E-state index in [1.807, 2.05) is 31.2 Å². The van der Waals surface area contributed by atoms with Crippen molar-refractivity contribution in [2.75, 3.05) is 6.61 Å². The minimum Gasteiger partial charge on any atom is -0.440 e. The van der Waals surface area contributed by atoms with Gasteiger partial charge in [-0.25, -0.2) is 4.98 Å². The predicted octanol–water partition coefficient (Wildman–Crippen LogP) is 4.23. The molecule has 0 saturated carbocycles. The Hall–Kier alpha value is -2.39. The van der Waals surface area contributed by atoms with Crippen LogP contribution in [0, 0.1) is 0 Å². The number of aliphatic hydroxyl groups excluding tert-OH is 1. The van der Waals surface area contributed by atoms with Gasteiger partial charge in [-0.2, -0.15) is 0 Å². The number of benzene rings is 3. The minimum atomic E-state index is -0.102. The number of aromatic nitrogens is 1. The summed E-state index contributed by atoms with van der Waals surface area (Å²) in [6.45, 7) is 1.94. The first-order chi connectivity index (χ1) is 10.3. The van der Waals surface area contributed by atoms with Crippen LogP contribution in [0.1, 0.15) is 18.7 Å². The molecule has 4 aromatic rings. The lowest BCUT2D eigenvalue weighted by molar-refractivity contribution is 0.256. The quantitative estimate of drug-likeness (QED) is 0.558. The lowest BCUT2D eigenvalue weighted by atomic mass is 10.0. The molecule has 0 aliphatic heterocycles. The fourth-order valence-electron chi connectivity index (χ4n) is 2.83. The molecule has 0 spiro atoms. The van der Waals surface area contributed by atoms with Crippen LogP contribution in [0.3, 0.4) is 0 Å². The van der Waals surface area contributed by atoms with Crippen LogP contribution in [-0.2, 0) is 0 Å². The van der Waals surface area contributed by atoms with Gasteiger partial charge in [-0.15, -0.1) is 0 Å². The average Bonchev–Trinajstić information content (AvgIpc) is 3.00. The number of nitrogens with zero attached hydrogens (tertiary/aromatic N) is 1. The number of fused-ring (bicyclic) bond motifs is 6. The second-order valence-corrected chi connectivity index (χ2v) is 5.40. The third-order valence-corrected chi connectivity index (χ3v) is 3.98. The fourth-order valence-corrected chi connectivity index (χ4v) is 2.83. The summed E-state index contributed by atoms with van der Waals surface area (Å²) in [5.41, 5.74) is 1.68. The van der Waals surface area contributed by atoms with Crippen molar-refractivity contribution in [1.29, 1.82) is 0 Å². The highest BCUT2D eigenvalue weighted by atomic mass is 16.4. The highest BCUT2D eigenvalue weighted by Gasteiger charge is 2.17. The van der Waals surface area contributed by atoms with Crippen LogP contribution in [0.5, 0.6) is 0 Å². The molecule has 0 aliphatic carbocycles. The van der Waals surface area contributed by atoms with Crippen molar-refractivity contribution in [2.45, 2.75) is 12.8 Å². The molecule has 0 fully saturated rings. The van der Waals surface area contributed by atoms with E-state index in [2.05, 4.69) is 29.2 Å². The van der Waals surface area contributed by atoms with Crippen LogP contribution < -0.4 is 0 Å². The van der Waals surface area contributed by atoms with Crippen molar-refractivity contribution in [2.24, 2.45) is 0 Å². The number of hydrogen-bond acceptors (Lipinski definition) is 3. The molecule has 21 heavy (non-hydrogen) atoms. The van der Waals surface area contributed by atoms with E-state index >= 15 is 0 Å². The molecule has 0 amide bonds. The van der Waals surface area contributed by atoms with E-state index < -0.39 is 0 Å². The van der Waals surface area contributed by atoms with Gasteiger partial charge >= 0.3 is 0 Å². The molecule has 4 rings (SSSR count). The maximum atomic E-state index is 9.34. The topological polar surface area (TPSA) is 46.3 Å². The van der Waals surface area contributed by atoms with Gasteiger partial charge in [0.2, 0.25) is 5.89 Å². The average molecular weight is 277 g/mol. The first-order valence-corrected chi connectivity index (χ1v) is 7.10. The highest BCUT2D eigenvalue weighted by Crippen LogP contribution is 2.35. The summed E-state index contributed by atoms with van der Waals surface area (Å²) in [4.78, 5) is 4.64. The summed E-state index contributed by atoms with van der Waals surface area (Å²) in [6.07, 6.45) is 0. The molecule has 0 aliphatic rings. The number of aliphatic hydroxyl groups is 1. The second kappa shape index (κ2) is 4.57. The van der Waals surface area contributed by atoms with E-state index in [1.54, 1.807) is 0 Å². The standard InChI is InChI=1S/C18H15NO2/c1-11(10-20)18-19-16-14-8-4-2-6-12(14)13-7-3-5-9-15(13)17(16)21-18/h2-9,11,20H,10H2,1H3. The van der Waals surface area contributed by atoms with Gasteiger partial charge in [-0.1, -0.05) is 55.5 Å². The molecular weight excluding hydrogens is 262 g/mol. The fraction of sp³-hybridized carbons (Fsp3) is 0.167. The Bertz CT molecular complexity index is 883. The smallest absolute Gasteiger partial charge is 0.200 e. The van der Waals surface area contributed by atoms with Gasteiger partial charge in [0.1, 0.15) is 5.52 Å². The molecule has 1 heterocycles. The Labute approximate surface area is 121 Å². The molecule has 1 N–H and O–H groups in total. The van der Waals surface area contributed by atoms with Gasteiger partial charge in [-0.05, 0) is 10.8 Å². The monoisotopic (exact) mass is 277 g/mol. The van der Waals surface area contributed by atoms with E-state index in [4.69, 9.17) is 4.42 Å². The lowest BCUT2D eigenvalue weighted by Gasteiger charge is -2.04. The summed E-state index contributed by atoms with van der Waals surface area (Å²) in [7, 11) is 0. The Morgan fingerprint density at radius 1 is 0.952 bits per heavy atom. The lowest BCUT2D eigenvalue weighted by Crippen LogP contribution is -1.98. The molecule has 1 aromatic heterocycles. The van der Waals surface area contributed by atoms with Crippen LogP contribution in [-0.4, -0.2) is 16.7 Å². The first-order valence-electron chi connectivity index (χ1n) is 7.10. The van der Waals surface area contributed by atoms with E-state index in [-0.39, 0.29) is 12.5 Å². The van der Waals surface area contributed by atoms with Gasteiger partial charge in [0.05, 0.1) is 12.5 Å². The summed E-state index contributed by atoms with van der Waals surface area (Å²) >= 11 is 0. The Balaban J connectivity index is 2.23. The second-order valence-electron chi connectivity index (χ2n) is 5.40. The van der Waals surface area contributed by atoms with Crippen LogP contribution in [0.25, 0.3) is 32.6 Å². The molecule has 1 unspecified atom stereocenters. The van der Waals surface area contributed by atoms with Gasteiger partial charge < -0.3 is 9.52 Å². The zero-order valence-electron chi connectivity index (χ0n) is 11.7. The van der Waals surface area contributed by atoms with Gasteiger partial charge in [-0.3, -0.25) is 0 Å². The Morgan fingerprint density at radius 3 is 2.19 bits per heavy atom. The highest BCUT2D eigenvalue weighted by molar-refractivity contribution is 6.22. The normalized spacial score (nSPS) is 13.2. The number of rotatable bonds is 2.